The highest BCUT2D eigenvalue weighted by atomic mass is 19.1. The predicted octanol–water partition coefficient (Wildman–Crippen LogP) is 4.18. The fourth-order valence-electron chi connectivity index (χ4n) is 2.18. The average molecular weight is 326 g/mol. The molecule has 122 valence electrons. The van der Waals surface area contributed by atoms with E-state index in [2.05, 4.69) is 10.1 Å². The molecule has 0 bridgehead atoms. The van der Waals surface area contributed by atoms with E-state index >= 15 is 0 Å². The maximum atomic E-state index is 13.0. The van der Waals surface area contributed by atoms with Gasteiger partial charge in [-0.25, -0.2) is 9.37 Å². The minimum Gasteiger partial charge on any atom is -0.487 e. The number of benzene rings is 2. The van der Waals surface area contributed by atoms with Gasteiger partial charge in [-0.1, -0.05) is 17.3 Å². The summed E-state index contributed by atoms with van der Waals surface area (Å²) in [5.74, 6) is 1.38. The van der Waals surface area contributed by atoms with E-state index in [0.29, 0.717) is 28.7 Å². The van der Waals surface area contributed by atoms with E-state index in [4.69, 9.17) is 14.4 Å². The van der Waals surface area contributed by atoms with Gasteiger partial charge in [0.05, 0.1) is 6.21 Å². The van der Waals surface area contributed by atoms with Crippen LogP contribution >= 0.6 is 0 Å². The van der Waals surface area contributed by atoms with Gasteiger partial charge in [0.15, 0.2) is 0 Å². The van der Waals surface area contributed by atoms with Crippen LogP contribution in [0.3, 0.4) is 0 Å². The molecule has 1 aromatic heterocycles. The molecule has 0 saturated heterocycles. The van der Waals surface area contributed by atoms with Gasteiger partial charge in [-0.05, 0) is 48.9 Å². The topological polar surface area (TPSA) is 67.9 Å². The molecule has 2 aromatic carbocycles. The molecule has 1 heterocycles. The third-order valence-corrected chi connectivity index (χ3v) is 3.42. The molecular formula is C18H15FN2O3. The molecule has 0 unspecified atom stereocenters. The minimum absolute atomic E-state index is 0.232. The zero-order valence-electron chi connectivity index (χ0n) is 12.9. The molecule has 0 atom stereocenters. The van der Waals surface area contributed by atoms with Crippen LogP contribution < -0.4 is 4.74 Å². The highest BCUT2D eigenvalue weighted by molar-refractivity contribution is 5.79. The molecule has 24 heavy (non-hydrogen) atoms. The second-order valence-electron chi connectivity index (χ2n) is 5.13. The maximum Gasteiger partial charge on any atom is 0.226 e. The van der Waals surface area contributed by atoms with Crippen LogP contribution in [0.2, 0.25) is 0 Å². The van der Waals surface area contributed by atoms with Gasteiger partial charge in [0, 0.05) is 5.56 Å². The summed E-state index contributed by atoms with van der Waals surface area (Å²) in [6.07, 6.45) is 1.32. The van der Waals surface area contributed by atoms with Gasteiger partial charge >= 0.3 is 0 Å². The first kappa shape index (κ1) is 15.7. The SMILES string of the molecule is Cc1oc(-c2ccc(F)cc2)nc1COc1cccc(/C=N/O)c1. The van der Waals surface area contributed by atoms with Crippen molar-refractivity contribution in [1.82, 2.24) is 4.98 Å². The molecule has 6 heteroatoms. The fourth-order valence-corrected chi connectivity index (χ4v) is 2.18. The number of aromatic nitrogens is 1. The standard InChI is InChI=1S/C18H15FN2O3/c1-12-17(11-23-16-4-2-3-13(9-16)10-20-22)21-18(24-12)14-5-7-15(19)8-6-14/h2-10,22H,11H2,1H3/b20-10+. The van der Waals surface area contributed by atoms with Crippen molar-refractivity contribution in [3.05, 3.63) is 71.4 Å². The molecule has 0 amide bonds. The number of halogens is 1. The van der Waals surface area contributed by atoms with Crippen molar-refractivity contribution in [1.29, 1.82) is 0 Å². The van der Waals surface area contributed by atoms with Crippen molar-refractivity contribution in [2.75, 3.05) is 0 Å². The van der Waals surface area contributed by atoms with Gasteiger partial charge in [0.25, 0.3) is 0 Å². The summed E-state index contributed by atoms with van der Waals surface area (Å²) >= 11 is 0. The summed E-state index contributed by atoms with van der Waals surface area (Å²) in [4.78, 5) is 4.40. The largest absolute Gasteiger partial charge is 0.487 e. The Balaban J connectivity index is 1.74. The Morgan fingerprint density at radius 3 is 2.79 bits per heavy atom. The summed E-state index contributed by atoms with van der Waals surface area (Å²) in [6, 6.07) is 13.1. The molecule has 0 aliphatic heterocycles. The number of oxime groups is 1. The van der Waals surface area contributed by atoms with Crippen molar-refractivity contribution < 1.29 is 18.8 Å². The monoisotopic (exact) mass is 326 g/mol. The molecule has 3 aromatic rings. The summed E-state index contributed by atoms with van der Waals surface area (Å²) in [6.45, 7) is 2.03. The highest BCUT2D eigenvalue weighted by Crippen LogP contribution is 2.23. The van der Waals surface area contributed by atoms with Gasteiger partial charge in [-0.15, -0.1) is 0 Å². The molecule has 0 aliphatic carbocycles. The number of aryl methyl sites for hydroxylation is 1. The lowest BCUT2D eigenvalue weighted by atomic mass is 10.2. The number of hydrogen-bond acceptors (Lipinski definition) is 5. The van der Waals surface area contributed by atoms with Crippen LogP contribution in [-0.4, -0.2) is 16.4 Å². The van der Waals surface area contributed by atoms with Crippen LogP contribution in [0.4, 0.5) is 4.39 Å². The van der Waals surface area contributed by atoms with E-state index in [1.807, 2.05) is 0 Å². The quantitative estimate of drug-likeness (QED) is 0.434. The Morgan fingerprint density at radius 1 is 1.25 bits per heavy atom. The van der Waals surface area contributed by atoms with Gasteiger partial charge in [-0.3, -0.25) is 0 Å². The summed E-state index contributed by atoms with van der Waals surface area (Å²) < 4.78 is 24.3. The molecule has 0 aliphatic rings. The summed E-state index contributed by atoms with van der Waals surface area (Å²) in [5.41, 5.74) is 2.08. The first-order valence-corrected chi connectivity index (χ1v) is 7.28. The van der Waals surface area contributed by atoms with E-state index in [1.54, 1.807) is 43.3 Å². The lowest BCUT2D eigenvalue weighted by molar-refractivity contribution is 0.299. The maximum absolute atomic E-state index is 13.0. The van der Waals surface area contributed by atoms with E-state index in [-0.39, 0.29) is 12.4 Å². The number of oxazole rings is 1. The third kappa shape index (κ3) is 3.60. The van der Waals surface area contributed by atoms with E-state index in [1.165, 1.54) is 18.3 Å². The highest BCUT2D eigenvalue weighted by Gasteiger charge is 2.12. The Hall–Kier alpha value is -3.15. The van der Waals surface area contributed by atoms with Crippen LogP contribution in [0.5, 0.6) is 5.75 Å². The van der Waals surface area contributed by atoms with Crippen molar-refractivity contribution >= 4 is 6.21 Å². The molecule has 0 fully saturated rings. The Morgan fingerprint density at radius 2 is 2.04 bits per heavy atom. The summed E-state index contributed by atoms with van der Waals surface area (Å²) in [5, 5.41) is 11.6. The molecule has 3 rings (SSSR count). The van der Waals surface area contributed by atoms with Gasteiger partial charge < -0.3 is 14.4 Å². The Bertz CT molecular complexity index is 857. The van der Waals surface area contributed by atoms with Crippen LogP contribution in [0, 0.1) is 12.7 Å². The molecular weight excluding hydrogens is 311 g/mol. The Kier molecular flexibility index (Phi) is 4.56. The van der Waals surface area contributed by atoms with E-state index in [0.717, 1.165) is 5.56 Å². The molecule has 1 N–H and O–H groups in total. The molecule has 0 saturated carbocycles. The van der Waals surface area contributed by atoms with E-state index < -0.39 is 0 Å². The Labute approximate surface area is 138 Å². The van der Waals surface area contributed by atoms with Gasteiger partial charge in [0.1, 0.15) is 29.6 Å². The van der Waals surface area contributed by atoms with Gasteiger partial charge in [-0.2, -0.15) is 0 Å². The van der Waals surface area contributed by atoms with Crippen LogP contribution in [0.25, 0.3) is 11.5 Å². The lowest BCUT2D eigenvalue weighted by Gasteiger charge is -2.04. The number of rotatable bonds is 5. The second kappa shape index (κ2) is 6.95. The summed E-state index contributed by atoms with van der Waals surface area (Å²) in [7, 11) is 0. The van der Waals surface area contributed by atoms with E-state index in [9.17, 15) is 4.39 Å². The number of hydrogen-bond donors (Lipinski definition) is 1. The average Bonchev–Trinajstić information content (AvgIpc) is 2.95. The molecule has 5 nitrogen and oxygen atoms in total. The van der Waals surface area contributed by atoms with Crippen molar-refractivity contribution in [3.8, 4) is 17.2 Å². The zero-order chi connectivity index (χ0) is 16.9. The second-order valence-corrected chi connectivity index (χ2v) is 5.13. The first-order valence-electron chi connectivity index (χ1n) is 7.28. The third-order valence-electron chi connectivity index (χ3n) is 3.42. The number of ether oxygens (including phenoxy) is 1. The predicted molar refractivity (Wildman–Crippen MR) is 86.8 cm³/mol. The minimum atomic E-state index is -0.308. The van der Waals surface area contributed by atoms with Crippen molar-refractivity contribution in [2.45, 2.75) is 13.5 Å². The fraction of sp³-hybridized carbons (Fsp3) is 0.111. The zero-order valence-corrected chi connectivity index (χ0v) is 12.9. The van der Waals surface area contributed by atoms with Gasteiger partial charge in [0.2, 0.25) is 5.89 Å². The van der Waals surface area contributed by atoms with Crippen LogP contribution in [0.15, 0.2) is 58.1 Å². The smallest absolute Gasteiger partial charge is 0.226 e. The first-order chi connectivity index (χ1) is 11.7. The molecule has 0 radical (unpaired) electrons. The van der Waals surface area contributed by atoms with Crippen LogP contribution in [0.1, 0.15) is 17.0 Å². The number of nitrogens with zero attached hydrogens (tertiary/aromatic N) is 2. The lowest BCUT2D eigenvalue weighted by Crippen LogP contribution is -1.98. The normalized spacial score (nSPS) is 11.1. The van der Waals surface area contributed by atoms with Crippen molar-refractivity contribution in [3.63, 3.8) is 0 Å². The van der Waals surface area contributed by atoms with Crippen LogP contribution in [-0.2, 0) is 6.61 Å². The molecule has 0 spiro atoms. The van der Waals surface area contributed by atoms with Crippen molar-refractivity contribution in [2.24, 2.45) is 5.16 Å².